The first-order valence-corrected chi connectivity index (χ1v) is 10.1. The van der Waals surface area contributed by atoms with Crippen molar-refractivity contribution in [1.82, 2.24) is 19.9 Å². The van der Waals surface area contributed by atoms with Crippen LogP contribution in [0.3, 0.4) is 0 Å². The Balaban J connectivity index is 1.69. The summed E-state index contributed by atoms with van der Waals surface area (Å²) in [6.07, 6.45) is 4.06. The summed E-state index contributed by atoms with van der Waals surface area (Å²) in [4.78, 5) is 4.68. The second-order valence-electron chi connectivity index (χ2n) is 8.53. The van der Waals surface area contributed by atoms with Gasteiger partial charge in [-0.05, 0) is 68.7 Å². The maximum Gasteiger partial charge on any atom is 0.279 e. The molecule has 2 heterocycles. The van der Waals surface area contributed by atoms with Gasteiger partial charge in [0.15, 0.2) is 5.69 Å². The number of nitrogens with zero attached hydrogens (tertiary/aromatic N) is 4. The Kier molecular flexibility index (Phi) is 4.83. The van der Waals surface area contributed by atoms with E-state index in [1.807, 2.05) is 6.07 Å². The van der Waals surface area contributed by atoms with Gasteiger partial charge >= 0.3 is 0 Å². The summed E-state index contributed by atoms with van der Waals surface area (Å²) >= 11 is 0. The zero-order valence-corrected chi connectivity index (χ0v) is 17.2. The summed E-state index contributed by atoms with van der Waals surface area (Å²) < 4.78 is 7.74. The molecule has 0 atom stereocenters. The third-order valence-electron chi connectivity index (χ3n) is 5.81. The van der Waals surface area contributed by atoms with E-state index in [1.165, 1.54) is 22.4 Å². The Morgan fingerprint density at radius 1 is 1.29 bits per heavy atom. The van der Waals surface area contributed by atoms with Crippen molar-refractivity contribution in [3.8, 4) is 23.0 Å². The van der Waals surface area contributed by atoms with Gasteiger partial charge in [0.2, 0.25) is 5.82 Å². The van der Waals surface area contributed by atoms with Crippen LogP contribution in [0.4, 0.5) is 0 Å². The van der Waals surface area contributed by atoms with Gasteiger partial charge in [-0.1, -0.05) is 31.1 Å². The summed E-state index contributed by atoms with van der Waals surface area (Å²) in [5.74, 6) is 1.12. The molecule has 0 aliphatic heterocycles. The minimum absolute atomic E-state index is 0.306. The van der Waals surface area contributed by atoms with Gasteiger partial charge in [0, 0.05) is 23.4 Å². The van der Waals surface area contributed by atoms with Crippen LogP contribution in [0, 0.1) is 12.3 Å². The molecule has 4 rings (SSSR count). The predicted octanol–water partition coefficient (Wildman–Crippen LogP) is 3.94. The average Bonchev–Trinajstić information content (AvgIpc) is 3.27. The zero-order chi connectivity index (χ0) is 19.9. The predicted molar refractivity (Wildman–Crippen MR) is 110 cm³/mol. The van der Waals surface area contributed by atoms with Crippen molar-refractivity contribution in [2.24, 2.45) is 11.1 Å². The second-order valence-corrected chi connectivity index (χ2v) is 8.53. The largest absolute Gasteiger partial charge is 0.332 e. The van der Waals surface area contributed by atoms with E-state index < -0.39 is 0 Å². The quantitative estimate of drug-likeness (QED) is 0.726. The Bertz CT molecular complexity index is 999. The molecule has 2 aromatic heterocycles. The van der Waals surface area contributed by atoms with E-state index in [1.54, 1.807) is 0 Å². The summed E-state index contributed by atoms with van der Waals surface area (Å²) in [6, 6.07) is 6.24. The fraction of sp³-hybridized carbons (Fsp3) is 0.500. The van der Waals surface area contributed by atoms with Crippen LogP contribution < -0.4 is 5.73 Å². The highest BCUT2D eigenvalue weighted by Crippen LogP contribution is 2.39. The van der Waals surface area contributed by atoms with Crippen molar-refractivity contribution < 1.29 is 4.52 Å². The molecule has 1 aliphatic carbocycles. The molecule has 0 unspecified atom stereocenters. The SMILES string of the molecule is CCn1nc(-c2nc(-c3ccc(CCN)c(C)c3)no2)c2c1CC(C)(C)CC2. The molecule has 28 heavy (non-hydrogen) atoms. The Morgan fingerprint density at radius 2 is 2.11 bits per heavy atom. The van der Waals surface area contributed by atoms with E-state index in [9.17, 15) is 0 Å². The molecule has 1 aromatic carbocycles. The lowest BCUT2D eigenvalue weighted by atomic mass is 9.76. The van der Waals surface area contributed by atoms with Crippen LogP contribution in [-0.2, 0) is 25.8 Å². The first-order chi connectivity index (χ1) is 13.4. The number of aromatic nitrogens is 4. The second kappa shape index (κ2) is 7.17. The molecule has 148 valence electrons. The molecule has 0 amide bonds. The van der Waals surface area contributed by atoms with Gasteiger partial charge in [0.1, 0.15) is 0 Å². The summed E-state index contributed by atoms with van der Waals surface area (Å²) in [7, 11) is 0. The number of hydrogen-bond donors (Lipinski definition) is 1. The molecule has 0 radical (unpaired) electrons. The van der Waals surface area contributed by atoms with Crippen molar-refractivity contribution in [3.05, 3.63) is 40.6 Å². The molecule has 2 N–H and O–H groups in total. The van der Waals surface area contributed by atoms with Crippen LogP contribution in [0.1, 0.15) is 49.6 Å². The summed E-state index contributed by atoms with van der Waals surface area (Å²) in [6.45, 7) is 10.4. The number of rotatable bonds is 5. The third-order valence-corrected chi connectivity index (χ3v) is 5.81. The van der Waals surface area contributed by atoms with E-state index in [2.05, 4.69) is 54.7 Å². The zero-order valence-electron chi connectivity index (χ0n) is 17.2. The van der Waals surface area contributed by atoms with Crippen LogP contribution in [0.2, 0.25) is 0 Å². The highest BCUT2D eigenvalue weighted by atomic mass is 16.5. The van der Waals surface area contributed by atoms with Crippen LogP contribution in [0.15, 0.2) is 22.7 Å². The van der Waals surface area contributed by atoms with Crippen molar-refractivity contribution in [2.75, 3.05) is 6.54 Å². The summed E-state index contributed by atoms with van der Waals surface area (Å²) in [5, 5.41) is 9.05. The molecule has 6 nitrogen and oxygen atoms in total. The van der Waals surface area contributed by atoms with E-state index in [0.29, 0.717) is 23.7 Å². The molecular weight excluding hydrogens is 350 g/mol. The third kappa shape index (κ3) is 3.37. The monoisotopic (exact) mass is 379 g/mol. The Labute approximate surface area is 166 Å². The van der Waals surface area contributed by atoms with E-state index in [4.69, 9.17) is 15.4 Å². The number of aryl methyl sites for hydroxylation is 2. The van der Waals surface area contributed by atoms with Gasteiger partial charge < -0.3 is 10.3 Å². The standard InChI is InChI=1S/C22H29N5O/c1-5-27-18-13-22(3,4)10-8-17(18)19(25-27)21-24-20(26-28-21)16-7-6-15(9-11-23)14(2)12-16/h6-7,12H,5,8-11,13,23H2,1-4H3. The van der Waals surface area contributed by atoms with E-state index in [0.717, 1.165) is 43.5 Å². The maximum absolute atomic E-state index is 5.68. The average molecular weight is 380 g/mol. The molecule has 0 bridgehead atoms. The van der Waals surface area contributed by atoms with Crippen LogP contribution in [0.5, 0.6) is 0 Å². The van der Waals surface area contributed by atoms with Crippen molar-refractivity contribution in [1.29, 1.82) is 0 Å². The van der Waals surface area contributed by atoms with Gasteiger partial charge in [-0.25, -0.2) is 0 Å². The van der Waals surface area contributed by atoms with Crippen molar-refractivity contribution >= 4 is 0 Å². The van der Waals surface area contributed by atoms with Crippen LogP contribution in [-0.4, -0.2) is 26.5 Å². The molecular formula is C22H29N5O. The fourth-order valence-corrected chi connectivity index (χ4v) is 4.14. The first kappa shape index (κ1) is 18.9. The van der Waals surface area contributed by atoms with Crippen LogP contribution >= 0.6 is 0 Å². The Hall–Kier alpha value is -2.47. The number of hydrogen-bond acceptors (Lipinski definition) is 5. The lowest BCUT2D eigenvalue weighted by Gasteiger charge is -2.30. The Morgan fingerprint density at radius 3 is 2.82 bits per heavy atom. The number of nitrogens with two attached hydrogens (primary N) is 1. The van der Waals surface area contributed by atoms with Crippen LogP contribution in [0.25, 0.3) is 23.0 Å². The minimum atomic E-state index is 0.306. The van der Waals surface area contributed by atoms with E-state index >= 15 is 0 Å². The number of benzene rings is 1. The van der Waals surface area contributed by atoms with Gasteiger partial charge in [0.25, 0.3) is 5.89 Å². The molecule has 0 fully saturated rings. The van der Waals surface area contributed by atoms with Gasteiger partial charge in [-0.15, -0.1) is 0 Å². The van der Waals surface area contributed by atoms with Gasteiger partial charge in [-0.2, -0.15) is 10.1 Å². The smallest absolute Gasteiger partial charge is 0.279 e. The molecule has 0 saturated heterocycles. The minimum Gasteiger partial charge on any atom is -0.332 e. The normalized spacial score (nSPS) is 15.6. The van der Waals surface area contributed by atoms with Gasteiger partial charge in [0.05, 0.1) is 0 Å². The number of fused-ring (bicyclic) bond motifs is 1. The molecule has 1 aliphatic rings. The topological polar surface area (TPSA) is 82.8 Å². The lowest BCUT2D eigenvalue weighted by molar-refractivity contribution is 0.304. The molecule has 0 saturated carbocycles. The van der Waals surface area contributed by atoms with E-state index in [-0.39, 0.29) is 0 Å². The molecule has 0 spiro atoms. The highest BCUT2D eigenvalue weighted by molar-refractivity contribution is 5.62. The van der Waals surface area contributed by atoms with Crippen molar-refractivity contribution in [2.45, 2.75) is 59.9 Å². The highest BCUT2D eigenvalue weighted by Gasteiger charge is 2.32. The fourth-order valence-electron chi connectivity index (χ4n) is 4.14. The molecule has 3 aromatic rings. The first-order valence-electron chi connectivity index (χ1n) is 10.1. The van der Waals surface area contributed by atoms with Crippen molar-refractivity contribution in [3.63, 3.8) is 0 Å². The lowest BCUT2D eigenvalue weighted by Crippen LogP contribution is -2.24. The maximum atomic E-state index is 5.68. The van der Waals surface area contributed by atoms with Gasteiger partial charge in [-0.3, -0.25) is 4.68 Å². The molecule has 6 heteroatoms. The summed E-state index contributed by atoms with van der Waals surface area (Å²) in [5.41, 5.74) is 12.8.